The monoisotopic (exact) mass is 485 g/mol. The van der Waals surface area contributed by atoms with E-state index >= 15 is 0 Å². The average Bonchev–Trinajstić information content (AvgIpc) is 3.29. The van der Waals surface area contributed by atoms with Crippen molar-refractivity contribution in [3.63, 3.8) is 0 Å². The Morgan fingerprint density at radius 2 is 1.59 bits per heavy atom. The highest BCUT2D eigenvalue weighted by molar-refractivity contribution is 7.99. The standard InChI is InChI=1S/C27H20ClN3O2S/c28-22-12-14-23(15-13-22)31-26(17-33-24-8-2-1-3-9-24)29-30-27(31)34-18-25(32)21-11-10-19-6-4-5-7-20(19)16-21/h1-16H,17-18H2. The van der Waals surface area contributed by atoms with Crippen LogP contribution in [-0.2, 0) is 6.61 Å². The number of hydrogen-bond acceptors (Lipinski definition) is 5. The lowest BCUT2D eigenvalue weighted by molar-refractivity contribution is 0.102. The molecule has 0 aliphatic rings. The van der Waals surface area contributed by atoms with Crippen molar-refractivity contribution >= 4 is 39.9 Å². The van der Waals surface area contributed by atoms with Gasteiger partial charge in [-0.15, -0.1) is 10.2 Å². The van der Waals surface area contributed by atoms with Crippen molar-refractivity contribution in [3.8, 4) is 11.4 Å². The zero-order valence-electron chi connectivity index (χ0n) is 18.1. The third-order valence-electron chi connectivity index (χ3n) is 5.30. The van der Waals surface area contributed by atoms with E-state index in [1.54, 1.807) is 0 Å². The van der Waals surface area contributed by atoms with Crippen LogP contribution in [0, 0.1) is 0 Å². The lowest BCUT2D eigenvalue weighted by Gasteiger charge is -2.11. The number of benzene rings is 4. The molecule has 0 atom stereocenters. The second-order valence-corrected chi connectivity index (χ2v) is 8.97. The molecule has 0 saturated heterocycles. The van der Waals surface area contributed by atoms with Crippen LogP contribution >= 0.6 is 23.4 Å². The van der Waals surface area contributed by atoms with E-state index in [-0.39, 0.29) is 18.1 Å². The number of carbonyl (C=O) groups excluding carboxylic acids is 1. The Balaban J connectivity index is 1.38. The summed E-state index contributed by atoms with van der Waals surface area (Å²) in [6.07, 6.45) is 0. The second-order valence-electron chi connectivity index (χ2n) is 7.59. The van der Waals surface area contributed by atoms with Gasteiger partial charge in [-0.3, -0.25) is 9.36 Å². The summed E-state index contributed by atoms with van der Waals surface area (Å²) in [4.78, 5) is 13.0. The highest BCUT2D eigenvalue weighted by Gasteiger charge is 2.17. The summed E-state index contributed by atoms with van der Waals surface area (Å²) in [5.74, 6) is 1.65. The van der Waals surface area contributed by atoms with Gasteiger partial charge in [-0.1, -0.05) is 78.0 Å². The van der Waals surface area contributed by atoms with E-state index in [0.717, 1.165) is 22.2 Å². The molecule has 0 aliphatic heterocycles. The maximum atomic E-state index is 13.0. The molecule has 5 rings (SSSR count). The van der Waals surface area contributed by atoms with Crippen molar-refractivity contribution < 1.29 is 9.53 Å². The molecule has 5 nitrogen and oxygen atoms in total. The van der Waals surface area contributed by atoms with E-state index in [1.807, 2.05) is 102 Å². The number of ketones is 1. The second kappa shape index (κ2) is 10.1. The van der Waals surface area contributed by atoms with Crippen molar-refractivity contribution in [1.29, 1.82) is 0 Å². The Morgan fingerprint density at radius 3 is 2.38 bits per heavy atom. The zero-order chi connectivity index (χ0) is 23.3. The summed E-state index contributed by atoms with van der Waals surface area (Å²) >= 11 is 7.44. The molecule has 0 spiro atoms. The van der Waals surface area contributed by atoms with Crippen LogP contribution in [0.3, 0.4) is 0 Å². The largest absolute Gasteiger partial charge is 0.486 e. The molecule has 4 aromatic carbocycles. The predicted octanol–water partition coefficient (Wildman–Crippen LogP) is 6.63. The van der Waals surface area contributed by atoms with Crippen LogP contribution in [0.1, 0.15) is 16.2 Å². The lowest BCUT2D eigenvalue weighted by atomic mass is 10.1. The molecule has 5 aromatic rings. The number of para-hydroxylation sites is 1. The van der Waals surface area contributed by atoms with Gasteiger partial charge in [0.1, 0.15) is 12.4 Å². The number of fused-ring (bicyclic) bond motifs is 1. The number of halogens is 1. The Hall–Kier alpha value is -3.61. The van der Waals surface area contributed by atoms with Crippen LogP contribution in [0.15, 0.2) is 102 Å². The van der Waals surface area contributed by atoms with Crippen molar-refractivity contribution in [2.45, 2.75) is 11.8 Å². The van der Waals surface area contributed by atoms with Crippen LogP contribution in [0.4, 0.5) is 0 Å². The topological polar surface area (TPSA) is 57.0 Å². The number of carbonyl (C=O) groups is 1. The summed E-state index contributed by atoms with van der Waals surface area (Å²) in [5, 5.41) is 12.1. The van der Waals surface area contributed by atoms with Crippen molar-refractivity contribution in [3.05, 3.63) is 113 Å². The molecule has 0 saturated carbocycles. The molecule has 0 fully saturated rings. The van der Waals surface area contributed by atoms with E-state index in [9.17, 15) is 4.79 Å². The summed E-state index contributed by atoms with van der Waals surface area (Å²) in [6.45, 7) is 0.235. The van der Waals surface area contributed by atoms with Crippen molar-refractivity contribution in [1.82, 2.24) is 14.8 Å². The van der Waals surface area contributed by atoms with Gasteiger partial charge in [-0.2, -0.15) is 0 Å². The van der Waals surface area contributed by atoms with Crippen molar-refractivity contribution in [2.24, 2.45) is 0 Å². The number of rotatable bonds is 8. The maximum absolute atomic E-state index is 13.0. The number of thioether (sulfide) groups is 1. The molecule has 7 heteroatoms. The van der Waals surface area contributed by atoms with E-state index in [2.05, 4.69) is 10.2 Å². The Labute approximate surface area is 206 Å². The van der Waals surface area contributed by atoms with Gasteiger partial charge in [0, 0.05) is 16.3 Å². The van der Waals surface area contributed by atoms with Gasteiger partial charge in [-0.25, -0.2) is 0 Å². The van der Waals surface area contributed by atoms with Gasteiger partial charge in [0.05, 0.1) is 5.75 Å². The van der Waals surface area contributed by atoms with Gasteiger partial charge in [0.15, 0.2) is 16.8 Å². The van der Waals surface area contributed by atoms with Crippen LogP contribution in [-0.4, -0.2) is 26.3 Å². The number of ether oxygens (including phenoxy) is 1. The average molecular weight is 486 g/mol. The summed E-state index contributed by atoms with van der Waals surface area (Å²) in [5.41, 5.74) is 1.53. The van der Waals surface area contributed by atoms with E-state index in [0.29, 0.717) is 21.6 Å². The first-order valence-corrected chi connectivity index (χ1v) is 12.1. The van der Waals surface area contributed by atoms with E-state index in [1.165, 1.54) is 11.8 Å². The van der Waals surface area contributed by atoms with Crippen LogP contribution in [0.2, 0.25) is 5.02 Å². The molecular formula is C27H20ClN3O2S. The fourth-order valence-corrected chi connectivity index (χ4v) is 4.57. The molecule has 1 aromatic heterocycles. The molecule has 34 heavy (non-hydrogen) atoms. The summed E-state index contributed by atoms with van der Waals surface area (Å²) in [7, 11) is 0. The normalized spacial score (nSPS) is 11.0. The smallest absolute Gasteiger partial charge is 0.196 e. The minimum absolute atomic E-state index is 0.0310. The highest BCUT2D eigenvalue weighted by Crippen LogP contribution is 2.25. The fraction of sp³-hybridized carbons (Fsp3) is 0.0741. The maximum Gasteiger partial charge on any atom is 0.196 e. The number of hydrogen-bond donors (Lipinski definition) is 0. The van der Waals surface area contributed by atoms with Gasteiger partial charge >= 0.3 is 0 Å². The minimum Gasteiger partial charge on any atom is -0.486 e. The first kappa shape index (κ1) is 22.2. The molecule has 168 valence electrons. The van der Waals surface area contributed by atoms with Crippen LogP contribution in [0.5, 0.6) is 5.75 Å². The molecule has 0 radical (unpaired) electrons. The summed E-state index contributed by atoms with van der Waals surface area (Å²) < 4.78 is 7.80. The molecular weight excluding hydrogens is 466 g/mol. The van der Waals surface area contributed by atoms with Gasteiger partial charge in [0.2, 0.25) is 0 Å². The third-order valence-corrected chi connectivity index (χ3v) is 6.48. The first-order chi connectivity index (χ1) is 16.7. The van der Waals surface area contributed by atoms with Gasteiger partial charge in [-0.05, 0) is 53.2 Å². The first-order valence-electron chi connectivity index (χ1n) is 10.7. The molecule has 0 amide bonds. The van der Waals surface area contributed by atoms with Crippen molar-refractivity contribution in [2.75, 3.05) is 5.75 Å². The Kier molecular flexibility index (Phi) is 6.60. The predicted molar refractivity (Wildman–Crippen MR) is 136 cm³/mol. The zero-order valence-corrected chi connectivity index (χ0v) is 19.7. The molecule has 1 heterocycles. The Morgan fingerprint density at radius 1 is 0.853 bits per heavy atom. The number of nitrogens with zero attached hydrogens (tertiary/aromatic N) is 3. The molecule has 0 aliphatic carbocycles. The summed E-state index contributed by atoms with van der Waals surface area (Å²) in [6, 6.07) is 30.7. The SMILES string of the molecule is O=C(CSc1nnc(COc2ccccc2)n1-c1ccc(Cl)cc1)c1ccc2ccccc2c1. The van der Waals surface area contributed by atoms with E-state index in [4.69, 9.17) is 16.3 Å². The lowest BCUT2D eigenvalue weighted by Crippen LogP contribution is -2.08. The van der Waals surface area contributed by atoms with E-state index < -0.39 is 0 Å². The molecule has 0 N–H and O–H groups in total. The molecule has 0 unspecified atom stereocenters. The van der Waals surface area contributed by atoms with Crippen LogP contribution in [0.25, 0.3) is 16.5 Å². The highest BCUT2D eigenvalue weighted by atomic mass is 35.5. The third kappa shape index (κ3) is 4.98. The van der Waals surface area contributed by atoms with Gasteiger partial charge in [0.25, 0.3) is 0 Å². The number of Topliss-reactive ketones (excluding diaryl/α,β-unsaturated/α-hetero) is 1. The quantitative estimate of drug-likeness (QED) is 0.182. The minimum atomic E-state index is 0.0310. The molecule has 0 bridgehead atoms. The Bertz CT molecular complexity index is 1440. The number of aromatic nitrogens is 3. The van der Waals surface area contributed by atoms with Crippen LogP contribution < -0.4 is 4.74 Å². The van der Waals surface area contributed by atoms with Gasteiger partial charge < -0.3 is 4.74 Å². The fourth-order valence-electron chi connectivity index (χ4n) is 3.58.